The Morgan fingerprint density at radius 1 is 1.17 bits per heavy atom. The standard InChI is InChI=1S/C21H14F2N4O2S/c22-11-4-6-15(14(23)8-11)28-9-12-5-7-16(29-12)19-25-20-18-13-2-1-3-17(13)30-21(18)24-10-27(20)26-19/h4-8,10H,1-3,9H2. The summed E-state index contributed by atoms with van der Waals surface area (Å²) in [6.07, 6.45) is 4.97. The number of halogens is 2. The Morgan fingerprint density at radius 3 is 3.00 bits per heavy atom. The first kappa shape index (κ1) is 17.5. The quantitative estimate of drug-likeness (QED) is 0.409. The monoisotopic (exact) mass is 424 g/mol. The van der Waals surface area contributed by atoms with Crippen LogP contribution >= 0.6 is 11.3 Å². The van der Waals surface area contributed by atoms with E-state index in [-0.39, 0.29) is 12.4 Å². The second-order valence-corrected chi connectivity index (χ2v) is 8.20. The summed E-state index contributed by atoms with van der Waals surface area (Å²) in [5.74, 6) is -0.0489. The number of fused-ring (bicyclic) bond motifs is 5. The van der Waals surface area contributed by atoms with Crippen LogP contribution in [0.25, 0.3) is 27.4 Å². The van der Waals surface area contributed by atoms with Crippen LogP contribution in [0.5, 0.6) is 5.75 Å². The van der Waals surface area contributed by atoms with E-state index in [1.165, 1.54) is 16.5 Å². The minimum absolute atomic E-state index is 0.000235. The van der Waals surface area contributed by atoms with Gasteiger partial charge in [0.05, 0.1) is 5.39 Å². The van der Waals surface area contributed by atoms with E-state index in [0.29, 0.717) is 17.3 Å². The van der Waals surface area contributed by atoms with E-state index in [9.17, 15) is 8.78 Å². The van der Waals surface area contributed by atoms with Gasteiger partial charge >= 0.3 is 0 Å². The highest BCUT2D eigenvalue weighted by Crippen LogP contribution is 2.38. The molecule has 6 nitrogen and oxygen atoms in total. The van der Waals surface area contributed by atoms with Crippen molar-refractivity contribution in [1.29, 1.82) is 0 Å². The van der Waals surface area contributed by atoms with Crippen molar-refractivity contribution in [2.24, 2.45) is 0 Å². The maximum absolute atomic E-state index is 13.7. The van der Waals surface area contributed by atoms with Crippen LogP contribution < -0.4 is 4.74 Å². The molecule has 0 spiro atoms. The molecule has 1 aliphatic carbocycles. The molecule has 5 aromatic rings. The van der Waals surface area contributed by atoms with Crippen LogP contribution in [0.4, 0.5) is 8.78 Å². The number of furan rings is 1. The van der Waals surface area contributed by atoms with Gasteiger partial charge in [-0.25, -0.2) is 23.3 Å². The lowest BCUT2D eigenvalue weighted by Gasteiger charge is -2.05. The predicted molar refractivity (Wildman–Crippen MR) is 107 cm³/mol. The second kappa shape index (κ2) is 6.60. The Labute approximate surface area is 172 Å². The summed E-state index contributed by atoms with van der Waals surface area (Å²) >= 11 is 1.73. The molecule has 0 amide bonds. The van der Waals surface area contributed by atoms with Crippen LogP contribution in [0.2, 0.25) is 0 Å². The Balaban J connectivity index is 1.31. The van der Waals surface area contributed by atoms with E-state index in [4.69, 9.17) is 14.1 Å². The number of aryl methyl sites for hydroxylation is 2. The molecule has 9 heteroatoms. The van der Waals surface area contributed by atoms with Crippen molar-refractivity contribution in [2.75, 3.05) is 0 Å². The van der Waals surface area contributed by atoms with E-state index in [0.717, 1.165) is 47.3 Å². The van der Waals surface area contributed by atoms with Crippen LogP contribution in [0.15, 0.2) is 41.1 Å². The first-order valence-corrected chi connectivity index (χ1v) is 10.3. The van der Waals surface area contributed by atoms with Crippen molar-refractivity contribution in [3.05, 3.63) is 64.5 Å². The Bertz CT molecular complexity index is 1420. The third kappa shape index (κ3) is 2.77. The van der Waals surface area contributed by atoms with Gasteiger partial charge in [-0.2, -0.15) is 0 Å². The van der Waals surface area contributed by atoms with E-state index < -0.39 is 11.6 Å². The number of ether oxygens (including phenoxy) is 1. The normalized spacial score (nSPS) is 13.4. The summed E-state index contributed by atoms with van der Waals surface area (Å²) in [6, 6.07) is 6.63. The van der Waals surface area contributed by atoms with Gasteiger partial charge in [0.1, 0.15) is 29.3 Å². The summed E-state index contributed by atoms with van der Waals surface area (Å²) < 4.78 is 39.6. The zero-order chi connectivity index (χ0) is 20.2. The van der Waals surface area contributed by atoms with Gasteiger partial charge in [0.15, 0.2) is 23.0 Å². The largest absolute Gasteiger partial charge is 0.483 e. The van der Waals surface area contributed by atoms with Gasteiger partial charge in [-0.1, -0.05) is 0 Å². The van der Waals surface area contributed by atoms with Crippen molar-refractivity contribution in [1.82, 2.24) is 19.6 Å². The van der Waals surface area contributed by atoms with Crippen LogP contribution in [0.1, 0.15) is 22.6 Å². The zero-order valence-corrected chi connectivity index (χ0v) is 16.4. The summed E-state index contributed by atoms with van der Waals surface area (Å²) in [7, 11) is 0. The molecule has 0 radical (unpaired) electrons. The van der Waals surface area contributed by atoms with Crippen molar-refractivity contribution in [2.45, 2.75) is 25.9 Å². The Hall–Kier alpha value is -3.33. The van der Waals surface area contributed by atoms with Gasteiger partial charge in [0.2, 0.25) is 5.82 Å². The van der Waals surface area contributed by atoms with Gasteiger partial charge in [0, 0.05) is 10.9 Å². The van der Waals surface area contributed by atoms with Crippen LogP contribution in [-0.4, -0.2) is 19.6 Å². The molecular formula is C21H14F2N4O2S. The van der Waals surface area contributed by atoms with Gasteiger partial charge < -0.3 is 9.15 Å². The second-order valence-electron chi connectivity index (χ2n) is 7.12. The summed E-state index contributed by atoms with van der Waals surface area (Å²) in [4.78, 5) is 11.6. The summed E-state index contributed by atoms with van der Waals surface area (Å²) in [5.41, 5.74) is 2.11. The molecule has 4 aromatic heterocycles. The van der Waals surface area contributed by atoms with Crippen molar-refractivity contribution < 1.29 is 17.9 Å². The van der Waals surface area contributed by atoms with Gasteiger partial charge in [-0.15, -0.1) is 16.4 Å². The molecule has 0 N–H and O–H groups in total. The van der Waals surface area contributed by atoms with Gasteiger partial charge in [-0.05, 0) is 49.1 Å². The minimum Gasteiger partial charge on any atom is -0.483 e. The fraction of sp³-hybridized carbons (Fsp3) is 0.190. The molecular weight excluding hydrogens is 410 g/mol. The number of rotatable bonds is 4. The highest BCUT2D eigenvalue weighted by Gasteiger charge is 2.22. The molecule has 6 rings (SSSR count). The number of benzene rings is 1. The molecule has 0 saturated carbocycles. The molecule has 0 bridgehead atoms. The molecule has 30 heavy (non-hydrogen) atoms. The summed E-state index contributed by atoms with van der Waals surface area (Å²) in [5, 5.41) is 5.58. The number of aromatic nitrogens is 4. The lowest BCUT2D eigenvalue weighted by atomic mass is 10.2. The predicted octanol–water partition coefficient (Wildman–Crippen LogP) is 4.94. The Kier molecular flexibility index (Phi) is 3.85. The fourth-order valence-corrected chi connectivity index (χ4v) is 5.04. The topological polar surface area (TPSA) is 65.5 Å². The maximum atomic E-state index is 13.7. The average Bonchev–Trinajstić information content (AvgIpc) is 3.48. The first-order valence-electron chi connectivity index (χ1n) is 9.48. The SMILES string of the molecule is Fc1ccc(OCc2ccc(-c3nc4c5c6c(sc5ncn4n3)CCC6)o2)c(F)c1. The molecule has 1 aromatic carbocycles. The van der Waals surface area contributed by atoms with Gasteiger partial charge in [0.25, 0.3) is 0 Å². The first-order chi connectivity index (χ1) is 14.7. The Morgan fingerprint density at radius 2 is 2.10 bits per heavy atom. The molecule has 0 fully saturated rings. The van der Waals surface area contributed by atoms with E-state index in [1.807, 2.05) is 0 Å². The van der Waals surface area contributed by atoms with Crippen molar-refractivity contribution in [3.8, 4) is 17.3 Å². The molecule has 0 saturated heterocycles. The van der Waals surface area contributed by atoms with Crippen LogP contribution in [0.3, 0.4) is 0 Å². The molecule has 4 heterocycles. The van der Waals surface area contributed by atoms with E-state index in [1.54, 1.807) is 34.3 Å². The average molecular weight is 424 g/mol. The lowest BCUT2D eigenvalue weighted by Crippen LogP contribution is -1.96. The third-order valence-corrected chi connectivity index (χ3v) is 6.39. The number of nitrogens with zero attached hydrogens (tertiary/aromatic N) is 4. The fourth-order valence-electron chi connectivity index (χ4n) is 3.81. The van der Waals surface area contributed by atoms with Crippen molar-refractivity contribution >= 4 is 27.2 Å². The minimum atomic E-state index is -0.761. The molecule has 150 valence electrons. The number of hydrogen-bond donors (Lipinski definition) is 0. The van der Waals surface area contributed by atoms with E-state index in [2.05, 4.69) is 10.1 Å². The molecule has 1 aliphatic rings. The maximum Gasteiger partial charge on any atom is 0.217 e. The smallest absolute Gasteiger partial charge is 0.217 e. The molecule has 0 unspecified atom stereocenters. The highest BCUT2D eigenvalue weighted by atomic mass is 32.1. The summed E-state index contributed by atoms with van der Waals surface area (Å²) in [6.45, 7) is -0.000235. The van der Waals surface area contributed by atoms with Gasteiger partial charge in [-0.3, -0.25) is 0 Å². The van der Waals surface area contributed by atoms with Crippen molar-refractivity contribution in [3.63, 3.8) is 0 Å². The van der Waals surface area contributed by atoms with Crippen LogP contribution in [-0.2, 0) is 19.4 Å². The number of hydrogen-bond acceptors (Lipinski definition) is 6. The third-order valence-electron chi connectivity index (χ3n) is 5.19. The highest BCUT2D eigenvalue weighted by molar-refractivity contribution is 7.19. The molecule has 0 aliphatic heterocycles. The zero-order valence-electron chi connectivity index (χ0n) is 15.6. The van der Waals surface area contributed by atoms with Crippen LogP contribution in [0, 0.1) is 11.6 Å². The molecule has 0 atom stereocenters. The van der Waals surface area contributed by atoms with E-state index >= 15 is 0 Å². The number of thiophene rings is 1. The lowest BCUT2D eigenvalue weighted by molar-refractivity contribution is 0.259.